The Morgan fingerprint density at radius 3 is 2.42 bits per heavy atom. The first-order valence-corrected chi connectivity index (χ1v) is 10.3. The fraction of sp³-hybridized carbons (Fsp3) is 0.300. The van der Waals surface area contributed by atoms with Crippen molar-refractivity contribution >= 4 is 61.3 Å². The number of aliphatic imine (C=N–C) groups is 1. The van der Waals surface area contributed by atoms with Gasteiger partial charge in [-0.25, -0.2) is 0 Å². The highest BCUT2D eigenvalue weighted by Gasteiger charge is 2.20. The van der Waals surface area contributed by atoms with Crippen LogP contribution < -0.4 is 4.90 Å². The molecule has 1 aliphatic rings. The first-order chi connectivity index (χ1) is 12.2. The molecule has 0 saturated heterocycles. The molecule has 0 N–H and O–H groups in total. The van der Waals surface area contributed by atoms with E-state index < -0.39 is 0 Å². The summed E-state index contributed by atoms with van der Waals surface area (Å²) in [5, 5.41) is 0.945. The lowest BCUT2D eigenvalue weighted by molar-refractivity contribution is 0.100. The summed E-state index contributed by atoms with van der Waals surface area (Å²) in [7, 11) is 0. The van der Waals surface area contributed by atoms with Crippen LogP contribution in [0.1, 0.15) is 29.3 Å². The fourth-order valence-electron chi connectivity index (χ4n) is 2.66. The Balaban J connectivity index is 0.00000243. The van der Waals surface area contributed by atoms with Crippen molar-refractivity contribution in [1.82, 2.24) is 0 Å². The molecule has 0 bridgehead atoms. The quantitative estimate of drug-likeness (QED) is 0.491. The predicted octanol–water partition coefficient (Wildman–Crippen LogP) is 5.77. The summed E-state index contributed by atoms with van der Waals surface area (Å²) in [5.74, 6) is 1.15. The first-order valence-electron chi connectivity index (χ1n) is 8.50. The number of nitrogens with zero attached hydrogens (tertiary/aromatic N) is 2. The third-order valence-electron chi connectivity index (χ3n) is 4.14. The molecule has 0 atom stereocenters. The maximum absolute atomic E-state index is 12.8. The molecule has 3 rings (SSSR count). The molecule has 0 aliphatic carbocycles. The molecule has 0 saturated carbocycles. The fourth-order valence-corrected chi connectivity index (χ4v) is 3.89. The van der Waals surface area contributed by atoms with Crippen molar-refractivity contribution < 1.29 is 4.79 Å². The van der Waals surface area contributed by atoms with E-state index in [-0.39, 0.29) is 22.8 Å². The SMILES string of the molecule is Br.CCc1ccc(N(CC(=O)c2ccc(Br)cc2)C2=NCCCS2)cc1. The highest BCUT2D eigenvalue weighted by atomic mass is 79.9. The van der Waals surface area contributed by atoms with Crippen LogP contribution in [0.2, 0.25) is 0 Å². The minimum Gasteiger partial charge on any atom is -0.313 e. The average Bonchev–Trinajstić information content (AvgIpc) is 2.67. The molecular formula is C20H22Br2N2OS. The van der Waals surface area contributed by atoms with Gasteiger partial charge in [-0.1, -0.05) is 58.9 Å². The van der Waals surface area contributed by atoms with E-state index >= 15 is 0 Å². The van der Waals surface area contributed by atoms with Gasteiger partial charge in [-0.15, -0.1) is 17.0 Å². The summed E-state index contributed by atoms with van der Waals surface area (Å²) in [4.78, 5) is 19.5. The molecule has 0 radical (unpaired) electrons. The maximum atomic E-state index is 12.8. The van der Waals surface area contributed by atoms with Gasteiger partial charge in [0, 0.05) is 28.0 Å². The number of hydrogen-bond acceptors (Lipinski definition) is 4. The highest BCUT2D eigenvalue weighted by molar-refractivity contribution is 9.10. The molecule has 0 aromatic heterocycles. The Hall–Kier alpha value is -1.11. The molecule has 2 aromatic rings. The molecule has 0 spiro atoms. The summed E-state index contributed by atoms with van der Waals surface area (Å²) >= 11 is 5.15. The van der Waals surface area contributed by atoms with Crippen LogP contribution in [0, 0.1) is 0 Å². The van der Waals surface area contributed by atoms with Crippen LogP contribution >= 0.6 is 44.7 Å². The van der Waals surface area contributed by atoms with Crippen LogP contribution in [-0.4, -0.2) is 29.8 Å². The number of ketones is 1. The Kier molecular flexibility index (Phi) is 8.38. The van der Waals surface area contributed by atoms with E-state index in [0.717, 1.165) is 46.0 Å². The van der Waals surface area contributed by atoms with Crippen LogP contribution in [0.5, 0.6) is 0 Å². The van der Waals surface area contributed by atoms with Gasteiger partial charge in [0.2, 0.25) is 0 Å². The van der Waals surface area contributed by atoms with Crippen molar-refractivity contribution in [2.75, 3.05) is 23.7 Å². The summed E-state index contributed by atoms with van der Waals surface area (Å²) in [6.07, 6.45) is 2.10. The number of thioether (sulfide) groups is 1. The second-order valence-electron chi connectivity index (χ2n) is 5.90. The Morgan fingerprint density at radius 1 is 1.15 bits per heavy atom. The molecule has 1 heterocycles. The minimum absolute atomic E-state index is 0. The Morgan fingerprint density at radius 2 is 1.85 bits per heavy atom. The van der Waals surface area contributed by atoms with Gasteiger partial charge in [-0.3, -0.25) is 9.79 Å². The maximum Gasteiger partial charge on any atom is 0.182 e. The summed E-state index contributed by atoms with van der Waals surface area (Å²) in [6, 6.07) is 16.0. The first kappa shape index (κ1) is 21.2. The smallest absolute Gasteiger partial charge is 0.182 e. The van der Waals surface area contributed by atoms with Crippen LogP contribution in [0.4, 0.5) is 5.69 Å². The van der Waals surface area contributed by atoms with Gasteiger partial charge in [0.05, 0.1) is 6.54 Å². The van der Waals surface area contributed by atoms with Crippen molar-refractivity contribution in [3.05, 3.63) is 64.1 Å². The van der Waals surface area contributed by atoms with Crippen LogP contribution in [0.25, 0.3) is 0 Å². The Bertz CT molecular complexity index is 760. The topological polar surface area (TPSA) is 32.7 Å². The summed E-state index contributed by atoms with van der Waals surface area (Å²) in [5.41, 5.74) is 3.04. The zero-order valence-electron chi connectivity index (χ0n) is 14.7. The van der Waals surface area contributed by atoms with E-state index in [0.29, 0.717) is 6.54 Å². The minimum atomic E-state index is 0. The molecule has 138 valence electrons. The molecule has 2 aromatic carbocycles. The van der Waals surface area contributed by atoms with Gasteiger partial charge in [0.15, 0.2) is 11.0 Å². The van der Waals surface area contributed by atoms with Gasteiger partial charge in [0.1, 0.15) is 0 Å². The van der Waals surface area contributed by atoms with E-state index in [9.17, 15) is 4.79 Å². The number of anilines is 1. The van der Waals surface area contributed by atoms with Gasteiger partial charge < -0.3 is 4.90 Å². The third kappa shape index (κ3) is 5.44. The third-order valence-corrected chi connectivity index (χ3v) is 5.76. The number of amidine groups is 1. The summed E-state index contributed by atoms with van der Waals surface area (Å²) in [6.45, 7) is 3.28. The number of benzene rings is 2. The lowest BCUT2D eigenvalue weighted by Gasteiger charge is -2.27. The van der Waals surface area contributed by atoms with E-state index in [1.54, 1.807) is 11.8 Å². The number of aryl methyl sites for hydroxylation is 1. The second-order valence-corrected chi connectivity index (χ2v) is 7.88. The van der Waals surface area contributed by atoms with E-state index in [2.05, 4.69) is 52.1 Å². The molecular weight excluding hydrogens is 476 g/mol. The van der Waals surface area contributed by atoms with Gasteiger partial charge in [0.25, 0.3) is 0 Å². The predicted molar refractivity (Wildman–Crippen MR) is 121 cm³/mol. The lowest BCUT2D eigenvalue weighted by Crippen LogP contribution is -2.35. The standard InChI is InChI=1S/C20H21BrN2OS.BrH/c1-2-15-4-10-18(11-5-15)23(20-22-12-3-13-25-20)14-19(24)16-6-8-17(21)9-7-16;/h4-11H,2-3,12-14H2,1H3;1H. The van der Waals surface area contributed by atoms with E-state index in [4.69, 9.17) is 0 Å². The monoisotopic (exact) mass is 496 g/mol. The van der Waals surface area contributed by atoms with Crippen molar-refractivity contribution in [3.8, 4) is 0 Å². The van der Waals surface area contributed by atoms with Gasteiger partial charge in [-0.05, 0) is 42.7 Å². The largest absolute Gasteiger partial charge is 0.313 e. The normalized spacial score (nSPS) is 13.5. The van der Waals surface area contributed by atoms with Crippen molar-refractivity contribution in [2.24, 2.45) is 4.99 Å². The second kappa shape index (κ2) is 10.3. The van der Waals surface area contributed by atoms with Crippen LogP contribution in [-0.2, 0) is 6.42 Å². The molecule has 26 heavy (non-hydrogen) atoms. The molecule has 0 fully saturated rings. The van der Waals surface area contributed by atoms with Crippen LogP contribution in [0.15, 0.2) is 58.0 Å². The number of rotatable bonds is 5. The molecule has 0 amide bonds. The van der Waals surface area contributed by atoms with Crippen molar-refractivity contribution in [1.29, 1.82) is 0 Å². The molecule has 3 nitrogen and oxygen atoms in total. The van der Waals surface area contributed by atoms with E-state index in [1.807, 2.05) is 29.2 Å². The van der Waals surface area contributed by atoms with Crippen molar-refractivity contribution in [3.63, 3.8) is 0 Å². The zero-order chi connectivity index (χ0) is 17.6. The number of carbonyl (C=O) groups is 1. The highest BCUT2D eigenvalue weighted by Crippen LogP contribution is 2.24. The van der Waals surface area contributed by atoms with E-state index in [1.165, 1.54) is 5.56 Å². The number of hydrogen-bond donors (Lipinski definition) is 0. The number of Topliss-reactive ketones (excluding diaryl/α,β-unsaturated/α-hetero) is 1. The van der Waals surface area contributed by atoms with Gasteiger partial charge in [-0.2, -0.15) is 0 Å². The number of halogens is 2. The zero-order valence-corrected chi connectivity index (χ0v) is 18.8. The lowest BCUT2D eigenvalue weighted by atomic mass is 10.1. The van der Waals surface area contributed by atoms with Gasteiger partial charge >= 0.3 is 0 Å². The molecule has 1 aliphatic heterocycles. The summed E-state index contributed by atoms with van der Waals surface area (Å²) < 4.78 is 0.975. The Labute approximate surface area is 178 Å². The van der Waals surface area contributed by atoms with Crippen LogP contribution in [0.3, 0.4) is 0 Å². The number of carbonyl (C=O) groups excluding carboxylic acids is 1. The molecule has 6 heteroatoms. The molecule has 0 unspecified atom stereocenters. The average molecular weight is 498 g/mol. The van der Waals surface area contributed by atoms with Crippen molar-refractivity contribution in [2.45, 2.75) is 19.8 Å².